The van der Waals surface area contributed by atoms with E-state index in [2.05, 4.69) is 20.4 Å². The Morgan fingerprint density at radius 2 is 2.07 bits per heavy atom. The lowest BCUT2D eigenvalue weighted by atomic mass is 10.2. The van der Waals surface area contributed by atoms with Crippen molar-refractivity contribution in [1.29, 1.82) is 0 Å². The van der Waals surface area contributed by atoms with Crippen molar-refractivity contribution in [1.82, 2.24) is 19.6 Å². The monoisotopic (exact) mass is 404 g/mol. The van der Waals surface area contributed by atoms with E-state index in [-0.39, 0.29) is 16.1 Å². The van der Waals surface area contributed by atoms with Crippen LogP contribution >= 0.6 is 0 Å². The molecule has 12 heteroatoms. The Bertz CT molecular complexity index is 1160. The molecule has 3 N–H and O–H groups in total. The van der Waals surface area contributed by atoms with E-state index in [4.69, 9.17) is 9.88 Å². The standard InChI is InChI=1S/C16H16N6O5S/c1-2-13-12(7-18-16-19-9-20-22(13)16)15(24)27-8-14(23)21-10-4-3-5-11(6-10)28(17,25)26/h3-7,9H,2,8H2,1H3,(H,21,23)(H2,17,25,26). The van der Waals surface area contributed by atoms with Gasteiger partial charge < -0.3 is 10.1 Å². The van der Waals surface area contributed by atoms with Gasteiger partial charge in [0.05, 0.1) is 16.2 Å². The van der Waals surface area contributed by atoms with Gasteiger partial charge in [-0.3, -0.25) is 4.79 Å². The van der Waals surface area contributed by atoms with Crippen molar-refractivity contribution >= 4 is 33.4 Å². The Hall–Kier alpha value is -3.38. The quantitative estimate of drug-likeness (QED) is 0.548. The summed E-state index contributed by atoms with van der Waals surface area (Å²) < 4.78 is 29.2. The van der Waals surface area contributed by atoms with Gasteiger partial charge >= 0.3 is 5.97 Å². The molecule has 2 heterocycles. The molecule has 0 aliphatic carbocycles. The highest BCUT2D eigenvalue weighted by Crippen LogP contribution is 2.14. The predicted molar refractivity (Wildman–Crippen MR) is 96.9 cm³/mol. The number of aryl methyl sites for hydroxylation is 1. The van der Waals surface area contributed by atoms with E-state index in [0.717, 1.165) is 0 Å². The van der Waals surface area contributed by atoms with Gasteiger partial charge in [-0.05, 0) is 24.6 Å². The van der Waals surface area contributed by atoms with Crippen LogP contribution in [0, 0.1) is 0 Å². The summed E-state index contributed by atoms with van der Waals surface area (Å²) in [7, 11) is -3.90. The lowest BCUT2D eigenvalue weighted by Gasteiger charge is -2.10. The Balaban J connectivity index is 1.67. The number of hydrogen-bond acceptors (Lipinski definition) is 8. The number of aromatic nitrogens is 4. The Kier molecular flexibility index (Phi) is 5.33. The molecule has 146 valence electrons. The number of rotatable bonds is 6. The fourth-order valence-electron chi connectivity index (χ4n) is 2.49. The molecule has 0 unspecified atom stereocenters. The fraction of sp³-hybridized carbons (Fsp3) is 0.188. The van der Waals surface area contributed by atoms with Crippen LogP contribution in [0.4, 0.5) is 5.69 Å². The largest absolute Gasteiger partial charge is 0.452 e. The third-order valence-electron chi connectivity index (χ3n) is 3.74. The van der Waals surface area contributed by atoms with E-state index in [9.17, 15) is 18.0 Å². The third-order valence-corrected chi connectivity index (χ3v) is 4.65. The number of nitrogens with zero attached hydrogens (tertiary/aromatic N) is 4. The summed E-state index contributed by atoms with van der Waals surface area (Å²) in [5, 5.41) is 11.5. The lowest BCUT2D eigenvalue weighted by molar-refractivity contribution is -0.119. The van der Waals surface area contributed by atoms with E-state index in [0.29, 0.717) is 17.9 Å². The third kappa shape index (κ3) is 4.13. The highest BCUT2D eigenvalue weighted by atomic mass is 32.2. The molecule has 1 amide bonds. The second-order valence-electron chi connectivity index (χ2n) is 5.64. The molecule has 3 aromatic rings. The van der Waals surface area contributed by atoms with Crippen molar-refractivity contribution in [3.8, 4) is 0 Å². The van der Waals surface area contributed by atoms with Crippen LogP contribution in [0.15, 0.2) is 41.7 Å². The van der Waals surface area contributed by atoms with E-state index >= 15 is 0 Å². The summed E-state index contributed by atoms with van der Waals surface area (Å²) in [5.41, 5.74) is 0.922. The first-order valence-electron chi connectivity index (χ1n) is 8.07. The van der Waals surface area contributed by atoms with Crippen LogP contribution in [-0.4, -0.2) is 46.5 Å². The normalized spacial score (nSPS) is 11.4. The van der Waals surface area contributed by atoms with Crippen molar-refractivity contribution in [2.24, 2.45) is 5.14 Å². The zero-order valence-corrected chi connectivity index (χ0v) is 15.5. The van der Waals surface area contributed by atoms with Crippen molar-refractivity contribution < 1.29 is 22.7 Å². The molecule has 3 rings (SSSR count). The maximum absolute atomic E-state index is 12.3. The second kappa shape index (κ2) is 7.70. The molecule has 0 bridgehead atoms. The first-order valence-corrected chi connectivity index (χ1v) is 9.61. The molecule has 0 aliphatic heterocycles. The van der Waals surface area contributed by atoms with Gasteiger partial charge in [0, 0.05) is 11.9 Å². The zero-order valence-electron chi connectivity index (χ0n) is 14.7. The minimum atomic E-state index is -3.90. The molecular weight excluding hydrogens is 388 g/mol. The Morgan fingerprint density at radius 1 is 1.29 bits per heavy atom. The van der Waals surface area contributed by atoms with Gasteiger partial charge in [-0.25, -0.2) is 27.9 Å². The number of carbonyl (C=O) groups excluding carboxylic acids is 2. The Morgan fingerprint density at radius 3 is 2.79 bits per heavy atom. The average molecular weight is 404 g/mol. The van der Waals surface area contributed by atoms with Gasteiger partial charge in [0.25, 0.3) is 11.7 Å². The van der Waals surface area contributed by atoms with Crippen molar-refractivity contribution in [3.05, 3.63) is 48.0 Å². The predicted octanol–water partition coefficient (Wildman–Crippen LogP) is 0.130. The summed E-state index contributed by atoms with van der Waals surface area (Å²) in [6.07, 6.45) is 3.11. The summed E-state index contributed by atoms with van der Waals surface area (Å²) in [6.45, 7) is 1.26. The Labute approximate surface area is 159 Å². The van der Waals surface area contributed by atoms with E-state index in [1.54, 1.807) is 0 Å². The van der Waals surface area contributed by atoms with E-state index < -0.39 is 28.5 Å². The molecule has 0 saturated carbocycles. The van der Waals surface area contributed by atoms with Crippen molar-refractivity contribution in [2.45, 2.75) is 18.2 Å². The number of nitrogens with one attached hydrogen (secondary N) is 1. The summed E-state index contributed by atoms with van der Waals surface area (Å²) in [6, 6.07) is 5.40. The first kappa shape index (κ1) is 19.4. The van der Waals surface area contributed by atoms with E-state index in [1.165, 1.54) is 41.3 Å². The average Bonchev–Trinajstić information content (AvgIpc) is 3.13. The van der Waals surface area contributed by atoms with Crippen molar-refractivity contribution in [3.63, 3.8) is 0 Å². The first-order chi connectivity index (χ1) is 13.3. The fourth-order valence-corrected chi connectivity index (χ4v) is 3.05. The van der Waals surface area contributed by atoms with Crippen LogP contribution in [-0.2, 0) is 26.0 Å². The van der Waals surface area contributed by atoms with Crippen LogP contribution in [0.1, 0.15) is 23.0 Å². The number of ether oxygens (including phenoxy) is 1. The smallest absolute Gasteiger partial charge is 0.342 e. The molecule has 0 spiro atoms. The highest BCUT2D eigenvalue weighted by Gasteiger charge is 2.18. The number of benzene rings is 1. The molecule has 0 atom stereocenters. The molecule has 28 heavy (non-hydrogen) atoms. The van der Waals surface area contributed by atoms with Crippen LogP contribution in [0.2, 0.25) is 0 Å². The number of fused-ring (bicyclic) bond motifs is 1. The van der Waals surface area contributed by atoms with E-state index in [1.807, 2.05) is 6.92 Å². The van der Waals surface area contributed by atoms with Gasteiger partial charge in [-0.1, -0.05) is 13.0 Å². The minimum absolute atomic E-state index is 0.151. The maximum atomic E-state index is 12.3. The molecule has 0 aliphatic rings. The van der Waals surface area contributed by atoms with Crippen LogP contribution < -0.4 is 10.5 Å². The van der Waals surface area contributed by atoms with Gasteiger partial charge in [-0.15, -0.1) is 0 Å². The molecule has 0 fully saturated rings. The van der Waals surface area contributed by atoms with Crippen LogP contribution in [0.5, 0.6) is 0 Å². The van der Waals surface area contributed by atoms with Gasteiger partial charge in [0.2, 0.25) is 10.0 Å². The van der Waals surface area contributed by atoms with Gasteiger partial charge in [0.15, 0.2) is 6.61 Å². The van der Waals surface area contributed by atoms with Gasteiger partial charge in [0.1, 0.15) is 6.33 Å². The maximum Gasteiger partial charge on any atom is 0.342 e. The number of carbonyl (C=O) groups is 2. The number of amides is 1. The number of hydrogen-bond donors (Lipinski definition) is 2. The van der Waals surface area contributed by atoms with Crippen molar-refractivity contribution in [2.75, 3.05) is 11.9 Å². The number of sulfonamides is 1. The van der Waals surface area contributed by atoms with Gasteiger partial charge in [-0.2, -0.15) is 10.1 Å². The summed E-state index contributed by atoms with van der Waals surface area (Å²) in [4.78, 5) is 32.2. The molecule has 2 aromatic heterocycles. The lowest BCUT2D eigenvalue weighted by Crippen LogP contribution is -2.22. The number of primary sulfonamides is 1. The summed E-state index contributed by atoms with van der Waals surface area (Å²) >= 11 is 0. The zero-order chi connectivity index (χ0) is 20.3. The number of nitrogens with two attached hydrogens (primary N) is 1. The number of anilines is 1. The SMILES string of the molecule is CCc1c(C(=O)OCC(=O)Nc2cccc(S(N)(=O)=O)c2)cnc2ncnn12. The highest BCUT2D eigenvalue weighted by molar-refractivity contribution is 7.89. The molecule has 0 radical (unpaired) electrons. The molecule has 0 saturated heterocycles. The molecule has 1 aromatic carbocycles. The number of esters is 1. The topological polar surface area (TPSA) is 159 Å². The molecular formula is C16H16N6O5S. The van der Waals surface area contributed by atoms with Crippen LogP contribution in [0.25, 0.3) is 5.78 Å². The van der Waals surface area contributed by atoms with Crippen LogP contribution in [0.3, 0.4) is 0 Å². The minimum Gasteiger partial charge on any atom is -0.452 e. The second-order valence-corrected chi connectivity index (χ2v) is 7.20. The summed E-state index contributed by atoms with van der Waals surface area (Å²) in [5.74, 6) is -1.04. The molecule has 11 nitrogen and oxygen atoms in total.